The van der Waals surface area contributed by atoms with Gasteiger partial charge in [0.05, 0.1) is 20.4 Å². The van der Waals surface area contributed by atoms with Gasteiger partial charge < -0.3 is 19.5 Å². The molecule has 1 N–H and O–H groups in total. The van der Waals surface area contributed by atoms with Crippen LogP contribution in [-0.2, 0) is 4.79 Å². The van der Waals surface area contributed by atoms with Crippen LogP contribution in [0.15, 0.2) is 67.0 Å². The molecule has 2 aromatic carbocycles. The Kier molecular flexibility index (Phi) is 6.47. The molecule has 0 radical (unpaired) electrons. The maximum absolute atomic E-state index is 12.3. The third-order valence-electron chi connectivity index (χ3n) is 4.16. The van der Waals surface area contributed by atoms with Gasteiger partial charge in [-0.2, -0.15) is 0 Å². The highest BCUT2D eigenvalue weighted by molar-refractivity contribution is 6.02. The molecule has 0 fully saturated rings. The lowest BCUT2D eigenvalue weighted by Crippen LogP contribution is -2.08. The second-order valence-corrected chi connectivity index (χ2v) is 6.20. The average Bonchev–Trinajstić information content (AvgIpc) is 2.74. The SMILES string of the molecule is COc1ccc(/C=C/C(=O)Nc2ccc(Oc3cccnc3)c(C)c2)c(OC)c1. The molecule has 0 spiro atoms. The molecule has 0 unspecified atom stereocenters. The van der Waals surface area contributed by atoms with Gasteiger partial charge in [-0.3, -0.25) is 9.78 Å². The number of rotatable bonds is 7. The summed E-state index contributed by atoms with van der Waals surface area (Å²) < 4.78 is 16.3. The van der Waals surface area contributed by atoms with E-state index < -0.39 is 0 Å². The zero-order valence-electron chi connectivity index (χ0n) is 16.5. The molecule has 0 aliphatic carbocycles. The highest BCUT2D eigenvalue weighted by atomic mass is 16.5. The molecule has 29 heavy (non-hydrogen) atoms. The van der Waals surface area contributed by atoms with Gasteiger partial charge in [0.2, 0.25) is 5.91 Å². The van der Waals surface area contributed by atoms with Crippen LogP contribution in [0.4, 0.5) is 5.69 Å². The number of ether oxygens (including phenoxy) is 3. The number of hydrogen-bond acceptors (Lipinski definition) is 5. The lowest BCUT2D eigenvalue weighted by Gasteiger charge is -2.10. The molecule has 148 valence electrons. The number of benzene rings is 2. The van der Waals surface area contributed by atoms with E-state index in [4.69, 9.17) is 14.2 Å². The first-order valence-corrected chi connectivity index (χ1v) is 8.98. The Hall–Kier alpha value is -3.80. The van der Waals surface area contributed by atoms with Gasteiger partial charge in [-0.15, -0.1) is 0 Å². The van der Waals surface area contributed by atoms with E-state index in [2.05, 4.69) is 10.3 Å². The summed E-state index contributed by atoms with van der Waals surface area (Å²) in [4.78, 5) is 16.3. The molecule has 0 saturated carbocycles. The number of amides is 1. The Morgan fingerprint density at radius 1 is 1.00 bits per heavy atom. The molecule has 3 rings (SSSR count). The van der Waals surface area contributed by atoms with Crippen molar-refractivity contribution in [1.29, 1.82) is 0 Å². The molecule has 0 aliphatic rings. The zero-order valence-corrected chi connectivity index (χ0v) is 16.5. The minimum absolute atomic E-state index is 0.247. The van der Waals surface area contributed by atoms with E-state index in [1.54, 1.807) is 44.8 Å². The molecule has 0 aliphatic heterocycles. The fraction of sp³-hybridized carbons (Fsp3) is 0.130. The van der Waals surface area contributed by atoms with E-state index in [-0.39, 0.29) is 5.91 Å². The molecular formula is C23H22N2O4. The zero-order chi connectivity index (χ0) is 20.6. The summed E-state index contributed by atoms with van der Waals surface area (Å²) in [6.07, 6.45) is 6.49. The van der Waals surface area contributed by atoms with Gasteiger partial charge >= 0.3 is 0 Å². The number of nitrogens with zero attached hydrogens (tertiary/aromatic N) is 1. The van der Waals surface area contributed by atoms with Crippen LogP contribution < -0.4 is 19.5 Å². The van der Waals surface area contributed by atoms with Crippen molar-refractivity contribution in [1.82, 2.24) is 4.98 Å². The Bertz CT molecular complexity index is 1020. The molecule has 0 atom stereocenters. The fourth-order valence-corrected chi connectivity index (χ4v) is 2.68. The van der Waals surface area contributed by atoms with Crippen LogP contribution in [0, 0.1) is 6.92 Å². The summed E-state index contributed by atoms with van der Waals surface area (Å²) in [6.45, 7) is 1.92. The topological polar surface area (TPSA) is 69.7 Å². The lowest BCUT2D eigenvalue weighted by atomic mass is 10.1. The summed E-state index contributed by atoms with van der Waals surface area (Å²) in [7, 11) is 3.16. The van der Waals surface area contributed by atoms with Crippen molar-refractivity contribution in [3.63, 3.8) is 0 Å². The lowest BCUT2D eigenvalue weighted by molar-refractivity contribution is -0.111. The van der Waals surface area contributed by atoms with Gasteiger partial charge in [-0.1, -0.05) is 0 Å². The number of carbonyl (C=O) groups is 1. The van der Waals surface area contributed by atoms with Crippen LogP contribution in [0.1, 0.15) is 11.1 Å². The minimum atomic E-state index is -0.247. The van der Waals surface area contributed by atoms with Gasteiger partial charge in [-0.25, -0.2) is 0 Å². The quantitative estimate of drug-likeness (QED) is 0.584. The van der Waals surface area contributed by atoms with E-state index in [0.29, 0.717) is 28.7 Å². The number of nitrogens with one attached hydrogen (secondary N) is 1. The molecule has 3 aromatic rings. The maximum atomic E-state index is 12.3. The molecule has 1 heterocycles. The first kappa shape index (κ1) is 19.9. The second-order valence-electron chi connectivity index (χ2n) is 6.20. The summed E-state index contributed by atoms with van der Waals surface area (Å²) in [5, 5.41) is 2.84. The van der Waals surface area contributed by atoms with Crippen molar-refractivity contribution in [2.24, 2.45) is 0 Å². The maximum Gasteiger partial charge on any atom is 0.248 e. The fourth-order valence-electron chi connectivity index (χ4n) is 2.68. The molecule has 0 bridgehead atoms. The summed E-state index contributed by atoms with van der Waals surface area (Å²) in [6, 6.07) is 14.5. The summed E-state index contributed by atoms with van der Waals surface area (Å²) in [5.41, 5.74) is 2.35. The van der Waals surface area contributed by atoms with Crippen LogP contribution in [-0.4, -0.2) is 25.1 Å². The van der Waals surface area contributed by atoms with E-state index >= 15 is 0 Å². The molecule has 6 heteroatoms. The Morgan fingerprint density at radius 3 is 2.55 bits per heavy atom. The van der Waals surface area contributed by atoms with Crippen molar-refractivity contribution in [2.75, 3.05) is 19.5 Å². The molecule has 6 nitrogen and oxygen atoms in total. The van der Waals surface area contributed by atoms with E-state index in [9.17, 15) is 4.79 Å². The number of methoxy groups -OCH3 is 2. The number of hydrogen-bond donors (Lipinski definition) is 1. The minimum Gasteiger partial charge on any atom is -0.497 e. The Balaban J connectivity index is 1.66. The van der Waals surface area contributed by atoms with Crippen molar-refractivity contribution in [2.45, 2.75) is 6.92 Å². The second kappa shape index (κ2) is 9.41. The number of carbonyl (C=O) groups excluding carboxylic acids is 1. The van der Waals surface area contributed by atoms with Crippen molar-refractivity contribution >= 4 is 17.7 Å². The van der Waals surface area contributed by atoms with Crippen LogP contribution in [0.2, 0.25) is 0 Å². The molecule has 1 aromatic heterocycles. The molecule has 0 saturated heterocycles. The largest absolute Gasteiger partial charge is 0.497 e. The van der Waals surface area contributed by atoms with Crippen LogP contribution in [0.25, 0.3) is 6.08 Å². The van der Waals surface area contributed by atoms with Gasteiger partial charge in [0.25, 0.3) is 0 Å². The summed E-state index contributed by atoms with van der Waals surface area (Å²) >= 11 is 0. The average molecular weight is 390 g/mol. The van der Waals surface area contributed by atoms with Crippen LogP contribution in [0.5, 0.6) is 23.0 Å². The summed E-state index contributed by atoms with van der Waals surface area (Å²) in [5.74, 6) is 2.43. The van der Waals surface area contributed by atoms with Crippen molar-refractivity contribution in [3.05, 3.63) is 78.1 Å². The normalized spacial score (nSPS) is 10.6. The molecular weight excluding hydrogens is 368 g/mol. The van der Waals surface area contributed by atoms with E-state index in [1.807, 2.05) is 43.3 Å². The standard InChI is InChI=1S/C23H22N2O4/c1-16-13-18(8-10-21(16)29-20-5-4-12-24-15-20)25-23(26)11-7-17-6-9-19(27-2)14-22(17)28-3/h4-15H,1-3H3,(H,25,26)/b11-7+. The first-order chi connectivity index (χ1) is 14.1. The van der Waals surface area contributed by atoms with Gasteiger partial charge in [0.15, 0.2) is 0 Å². The van der Waals surface area contributed by atoms with Gasteiger partial charge in [0, 0.05) is 29.6 Å². The third-order valence-corrected chi connectivity index (χ3v) is 4.16. The highest BCUT2D eigenvalue weighted by Gasteiger charge is 2.06. The molecule has 1 amide bonds. The monoisotopic (exact) mass is 390 g/mol. The van der Waals surface area contributed by atoms with Crippen LogP contribution >= 0.6 is 0 Å². The Labute approximate surface area is 169 Å². The predicted octanol–water partition coefficient (Wildman–Crippen LogP) is 4.85. The van der Waals surface area contributed by atoms with Gasteiger partial charge in [0.1, 0.15) is 23.0 Å². The highest BCUT2D eigenvalue weighted by Crippen LogP contribution is 2.27. The van der Waals surface area contributed by atoms with E-state index in [0.717, 1.165) is 11.1 Å². The van der Waals surface area contributed by atoms with Crippen LogP contribution in [0.3, 0.4) is 0 Å². The van der Waals surface area contributed by atoms with E-state index in [1.165, 1.54) is 6.08 Å². The van der Waals surface area contributed by atoms with Crippen molar-refractivity contribution < 1.29 is 19.0 Å². The predicted molar refractivity (Wildman–Crippen MR) is 113 cm³/mol. The van der Waals surface area contributed by atoms with Gasteiger partial charge in [-0.05, 0) is 61.0 Å². The Morgan fingerprint density at radius 2 is 1.86 bits per heavy atom. The smallest absolute Gasteiger partial charge is 0.248 e. The number of anilines is 1. The first-order valence-electron chi connectivity index (χ1n) is 8.98. The number of pyridine rings is 1. The number of aromatic nitrogens is 1. The third kappa shape index (κ3) is 5.35. The van der Waals surface area contributed by atoms with Crippen molar-refractivity contribution in [3.8, 4) is 23.0 Å². The number of aryl methyl sites for hydroxylation is 1.